The summed E-state index contributed by atoms with van der Waals surface area (Å²) in [4.78, 5) is 35.6. The number of carbonyl (C=O) groups excluding carboxylic acids is 1. The van der Waals surface area contributed by atoms with Crippen molar-refractivity contribution in [3.63, 3.8) is 0 Å². The monoisotopic (exact) mass is 463 g/mol. The van der Waals surface area contributed by atoms with Crippen molar-refractivity contribution in [1.82, 2.24) is 0 Å². The highest BCUT2D eigenvalue weighted by atomic mass is 16.6. The Hall–Kier alpha value is -4.54. The fourth-order valence-corrected chi connectivity index (χ4v) is 3.91. The molecule has 174 valence electrons. The molecule has 0 fully saturated rings. The molecule has 0 saturated carbocycles. The molecule has 1 aliphatic carbocycles. The molecule has 0 spiro atoms. The molecule has 1 amide bonds. The summed E-state index contributed by atoms with van der Waals surface area (Å²) in [6.45, 7) is 1.78. The van der Waals surface area contributed by atoms with Gasteiger partial charge in [-0.15, -0.1) is 0 Å². The largest absolute Gasteiger partial charge is 0.455 e. The highest BCUT2D eigenvalue weighted by Gasteiger charge is 2.30. The maximum absolute atomic E-state index is 13.1. The fourth-order valence-electron chi connectivity index (χ4n) is 3.91. The number of amides is 1. The van der Waals surface area contributed by atoms with Gasteiger partial charge in [0.15, 0.2) is 5.76 Å². The Kier molecular flexibility index (Phi) is 6.09. The first kappa shape index (κ1) is 22.6. The van der Waals surface area contributed by atoms with Crippen LogP contribution in [0.2, 0.25) is 0 Å². The van der Waals surface area contributed by atoms with Gasteiger partial charge in [0, 0.05) is 36.3 Å². The van der Waals surface area contributed by atoms with Crippen molar-refractivity contribution >= 4 is 34.4 Å². The van der Waals surface area contributed by atoms with Gasteiger partial charge in [0.25, 0.3) is 11.6 Å². The van der Waals surface area contributed by atoms with Gasteiger partial charge < -0.3 is 9.32 Å². The fraction of sp³-hybridized carbons (Fsp3) is 0.217. The van der Waals surface area contributed by atoms with Crippen molar-refractivity contribution in [2.45, 2.75) is 26.2 Å². The summed E-state index contributed by atoms with van der Waals surface area (Å²) in [5.74, 6) is 0.552. The lowest BCUT2D eigenvalue weighted by Gasteiger charge is -2.16. The molecule has 0 unspecified atom stereocenters. The molecule has 1 aliphatic rings. The van der Waals surface area contributed by atoms with Crippen LogP contribution >= 0.6 is 0 Å². The van der Waals surface area contributed by atoms with Gasteiger partial charge in [-0.2, -0.15) is 5.10 Å². The number of hydrogen-bond acceptors (Lipinski definition) is 8. The predicted octanol–water partition coefficient (Wildman–Crippen LogP) is 4.83. The Labute approximate surface area is 194 Å². The first-order valence-electron chi connectivity index (χ1n) is 10.5. The predicted molar refractivity (Wildman–Crippen MR) is 125 cm³/mol. The number of carbonyl (C=O) groups is 1. The van der Waals surface area contributed by atoms with E-state index in [4.69, 9.17) is 4.42 Å². The molecular formula is C23H21N5O6. The second kappa shape index (κ2) is 9.14. The number of rotatable bonds is 6. The van der Waals surface area contributed by atoms with Crippen LogP contribution in [0.1, 0.15) is 40.3 Å². The molecule has 0 radical (unpaired) electrons. The average Bonchev–Trinajstić information content (AvgIpc) is 3.19. The number of non-ortho nitro benzene ring substituents is 1. The maximum Gasteiger partial charge on any atom is 0.301 e. The van der Waals surface area contributed by atoms with Crippen LogP contribution in [0.25, 0.3) is 0 Å². The van der Waals surface area contributed by atoms with Gasteiger partial charge in [-0.25, -0.2) is 0 Å². The minimum atomic E-state index is -0.707. The van der Waals surface area contributed by atoms with Gasteiger partial charge in [0.1, 0.15) is 11.4 Å². The average molecular weight is 463 g/mol. The second-order valence-corrected chi connectivity index (χ2v) is 7.79. The summed E-state index contributed by atoms with van der Waals surface area (Å²) in [7, 11) is 1.67. The molecule has 2 aromatic carbocycles. The number of hydrogen-bond donors (Lipinski definition) is 1. The van der Waals surface area contributed by atoms with E-state index in [1.54, 1.807) is 14.0 Å². The maximum atomic E-state index is 13.1. The summed E-state index contributed by atoms with van der Waals surface area (Å²) in [6, 6.07) is 12.5. The quantitative estimate of drug-likeness (QED) is 0.407. The Balaban J connectivity index is 1.66. The topological polar surface area (TPSA) is 144 Å². The molecule has 1 aromatic heterocycles. The minimum absolute atomic E-state index is 0.0245. The standard InChI is InChI=1S/C23H21N5O6/c1-14-21-18(25-24-17-12-11-16(27(30)31)13-19(17)28(32)33)9-6-10-20(21)34-22(14)23(29)26(2)15-7-4-3-5-8-15/h3-5,7-8,11-13,24H,6,9-10H2,1-2H3/b25-18+. The third-order valence-corrected chi connectivity index (χ3v) is 5.67. The number of hydrazone groups is 1. The number of para-hydroxylation sites is 1. The van der Waals surface area contributed by atoms with E-state index in [2.05, 4.69) is 10.5 Å². The lowest BCUT2D eigenvalue weighted by Crippen LogP contribution is -2.26. The molecule has 0 bridgehead atoms. The second-order valence-electron chi connectivity index (χ2n) is 7.79. The zero-order chi connectivity index (χ0) is 24.4. The third-order valence-electron chi connectivity index (χ3n) is 5.67. The molecule has 0 saturated heterocycles. The van der Waals surface area contributed by atoms with E-state index in [0.29, 0.717) is 35.4 Å². The molecule has 11 nitrogen and oxygen atoms in total. The van der Waals surface area contributed by atoms with E-state index in [1.807, 2.05) is 30.3 Å². The number of nitro groups is 2. The van der Waals surface area contributed by atoms with E-state index >= 15 is 0 Å². The molecular weight excluding hydrogens is 442 g/mol. The lowest BCUT2D eigenvalue weighted by atomic mass is 9.93. The summed E-state index contributed by atoms with van der Waals surface area (Å²) in [5, 5.41) is 26.7. The van der Waals surface area contributed by atoms with Crippen LogP contribution in [-0.2, 0) is 6.42 Å². The molecule has 34 heavy (non-hydrogen) atoms. The molecule has 1 heterocycles. The molecule has 4 rings (SSSR count). The number of aryl methyl sites for hydroxylation is 1. The van der Waals surface area contributed by atoms with Crippen LogP contribution in [0.15, 0.2) is 58.0 Å². The summed E-state index contributed by atoms with van der Waals surface area (Å²) < 4.78 is 5.94. The van der Waals surface area contributed by atoms with Crippen molar-refractivity contribution in [2.75, 3.05) is 17.4 Å². The molecule has 0 atom stereocenters. The first-order chi connectivity index (χ1) is 16.3. The van der Waals surface area contributed by atoms with Crippen LogP contribution in [0.3, 0.4) is 0 Å². The van der Waals surface area contributed by atoms with Crippen molar-refractivity contribution in [3.8, 4) is 0 Å². The van der Waals surface area contributed by atoms with Crippen molar-refractivity contribution < 1.29 is 19.1 Å². The number of anilines is 2. The minimum Gasteiger partial charge on any atom is -0.455 e. The molecule has 0 aliphatic heterocycles. The number of furan rings is 1. The van der Waals surface area contributed by atoms with Gasteiger partial charge in [0.2, 0.25) is 0 Å². The van der Waals surface area contributed by atoms with Crippen LogP contribution < -0.4 is 10.3 Å². The van der Waals surface area contributed by atoms with Gasteiger partial charge in [0.05, 0.1) is 21.6 Å². The number of fused-ring (bicyclic) bond motifs is 1. The first-order valence-corrected chi connectivity index (χ1v) is 10.5. The van der Waals surface area contributed by atoms with Gasteiger partial charge in [-0.1, -0.05) is 18.2 Å². The van der Waals surface area contributed by atoms with Crippen LogP contribution in [0.5, 0.6) is 0 Å². The van der Waals surface area contributed by atoms with Gasteiger partial charge in [-0.05, 0) is 38.0 Å². The number of nitrogens with zero attached hydrogens (tertiary/aromatic N) is 4. The molecule has 11 heteroatoms. The highest BCUT2D eigenvalue weighted by molar-refractivity contribution is 6.10. The van der Waals surface area contributed by atoms with E-state index < -0.39 is 15.5 Å². The summed E-state index contributed by atoms with van der Waals surface area (Å²) >= 11 is 0. The zero-order valence-electron chi connectivity index (χ0n) is 18.5. The Morgan fingerprint density at radius 3 is 2.50 bits per heavy atom. The normalized spacial score (nSPS) is 13.9. The van der Waals surface area contributed by atoms with E-state index in [-0.39, 0.29) is 23.0 Å². The number of nitro benzene ring substituents is 2. The van der Waals surface area contributed by atoms with Crippen LogP contribution in [-0.4, -0.2) is 28.5 Å². The van der Waals surface area contributed by atoms with E-state index in [0.717, 1.165) is 18.2 Å². The van der Waals surface area contributed by atoms with E-state index in [1.165, 1.54) is 17.0 Å². The summed E-state index contributed by atoms with van der Waals surface area (Å²) in [5.41, 5.74) is 4.51. The van der Waals surface area contributed by atoms with Crippen LogP contribution in [0, 0.1) is 27.2 Å². The Morgan fingerprint density at radius 2 is 1.82 bits per heavy atom. The Bertz CT molecular complexity index is 1310. The number of nitrogens with one attached hydrogen (secondary N) is 1. The third kappa shape index (κ3) is 4.22. The Morgan fingerprint density at radius 1 is 1.09 bits per heavy atom. The van der Waals surface area contributed by atoms with Crippen molar-refractivity contribution in [2.24, 2.45) is 5.10 Å². The van der Waals surface area contributed by atoms with Crippen LogP contribution in [0.4, 0.5) is 22.7 Å². The van der Waals surface area contributed by atoms with Gasteiger partial charge in [-0.3, -0.25) is 30.4 Å². The summed E-state index contributed by atoms with van der Waals surface area (Å²) in [6.07, 6.45) is 1.93. The van der Waals surface area contributed by atoms with Crippen molar-refractivity contribution in [1.29, 1.82) is 0 Å². The van der Waals surface area contributed by atoms with E-state index in [9.17, 15) is 25.0 Å². The zero-order valence-corrected chi connectivity index (χ0v) is 18.5. The SMILES string of the molecule is Cc1c(C(=O)N(C)c2ccccc2)oc2c1/C(=N/Nc1ccc([N+](=O)[O-])cc1[N+](=O)[O-])CCC2. The molecule has 1 N–H and O–H groups in total. The highest BCUT2D eigenvalue weighted by Crippen LogP contribution is 2.33. The molecule has 3 aromatic rings. The number of benzene rings is 2. The lowest BCUT2D eigenvalue weighted by molar-refractivity contribution is -0.393. The smallest absolute Gasteiger partial charge is 0.301 e. The van der Waals surface area contributed by atoms with Gasteiger partial charge >= 0.3 is 5.69 Å². The van der Waals surface area contributed by atoms with Crippen molar-refractivity contribution in [3.05, 3.63) is 91.4 Å².